The molecule has 6 nitrogen and oxygen atoms in total. The van der Waals surface area contributed by atoms with Gasteiger partial charge in [0.05, 0.1) is 18.4 Å². The van der Waals surface area contributed by atoms with Gasteiger partial charge in [0, 0.05) is 25.9 Å². The molecular formula is C18H23N3O3. The molecular weight excluding hydrogens is 306 g/mol. The van der Waals surface area contributed by atoms with Crippen molar-refractivity contribution in [2.24, 2.45) is 5.10 Å². The molecule has 1 aromatic carbocycles. The molecule has 2 amide bonds. The minimum absolute atomic E-state index is 0.0312. The molecule has 2 aliphatic heterocycles. The Balaban J connectivity index is 1.88. The number of aryl methyl sites for hydroxylation is 2. The van der Waals surface area contributed by atoms with E-state index in [9.17, 15) is 9.59 Å². The standard InChI is InChI=1S/C18H23N3O3/c1-12-4-5-13(2)16(10-12)21-17(22)7-6-15(19-21)18(23)20-8-9-24-14(3)11-20/h4-5,10,14H,6-9,11H2,1-3H3. The molecule has 2 heterocycles. The first kappa shape index (κ1) is 16.6. The fourth-order valence-electron chi connectivity index (χ4n) is 3.03. The number of carbonyl (C=O) groups is 2. The van der Waals surface area contributed by atoms with Crippen molar-refractivity contribution in [2.45, 2.75) is 39.7 Å². The summed E-state index contributed by atoms with van der Waals surface area (Å²) in [5.41, 5.74) is 3.22. The number of hydrazone groups is 1. The molecule has 1 atom stereocenters. The van der Waals surface area contributed by atoms with Gasteiger partial charge in [0.1, 0.15) is 5.71 Å². The van der Waals surface area contributed by atoms with Crippen LogP contribution in [0.15, 0.2) is 23.3 Å². The lowest BCUT2D eigenvalue weighted by Crippen LogP contribution is -2.48. The number of hydrogen-bond donors (Lipinski definition) is 0. The van der Waals surface area contributed by atoms with E-state index >= 15 is 0 Å². The van der Waals surface area contributed by atoms with Crippen molar-refractivity contribution >= 4 is 23.2 Å². The lowest BCUT2D eigenvalue weighted by Gasteiger charge is -2.32. The van der Waals surface area contributed by atoms with Crippen LogP contribution < -0.4 is 5.01 Å². The lowest BCUT2D eigenvalue weighted by atomic mass is 10.1. The van der Waals surface area contributed by atoms with Crippen molar-refractivity contribution in [3.8, 4) is 0 Å². The monoisotopic (exact) mass is 329 g/mol. The fraction of sp³-hybridized carbons (Fsp3) is 0.500. The summed E-state index contributed by atoms with van der Waals surface area (Å²) in [4.78, 5) is 26.8. The second kappa shape index (κ2) is 6.73. The summed E-state index contributed by atoms with van der Waals surface area (Å²) in [5, 5.41) is 5.80. The average Bonchev–Trinajstić information content (AvgIpc) is 2.57. The first-order chi connectivity index (χ1) is 11.5. The number of hydrogen-bond acceptors (Lipinski definition) is 4. The molecule has 1 unspecified atom stereocenters. The SMILES string of the molecule is Cc1ccc(C)c(N2N=C(C(=O)N3CCOC(C)C3)CCC2=O)c1. The average molecular weight is 329 g/mol. The molecule has 1 saturated heterocycles. The number of rotatable bonds is 2. The molecule has 1 fully saturated rings. The predicted octanol–water partition coefficient (Wildman–Crippen LogP) is 2.03. The first-order valence-corrected chi connectivity index (χ1v) is 8.34. The Morgan fingerprint density at radius 1 is 1.29 bits per heavy atom. The van der Waals surface area contributed by atoms with E-state index in [1.807, 2.05) is 39.0 Å². The van der Waals surface area contributed by atoms with Gasteiger partial charge < -0.3 is 9.64 Å². The second-order valence-corrected chi connectivity index (χ2v) is 6.47. The van der Waals surface area contributed by atoms with E-state index in [2.05, 4.69) is 5.10 Å². The van der Waals surface area contributed by atoms with Crippen LogP contribution in [0.25, 0.3) is 0 Å². The van der Waals surface area contributed by atoms with E-state index in [0.717, 1.165) is 16.8 Å². The zero-order valence-electron chi connectivity index (χ0n) is 14.4. The molecule has 0 N–H and O–H groups in total. The third kappa shape index (κ3) is 3.33. The van der Waals surface area contributed by atoms with Crippen molar-refractivity contribution in [1.29, 1.82) is 0 Å². The molecule has 0 bridgehead atoms. The molecule has 128 valence electrons. The Morgan fingerprint density at radius 3 is 2.83 bits per heavy atom. The molecule has 1 aromatic rings. The van der Waals surface area contributed by atoms with Crippen LogP contribution in [0.1, 0.15) is 30.9 Å². The number of amides is 2. The Kier molecular flexibility index (Phi) is 4.66. The molecule has 0 spiro atoms. The molecule has 2 aliphatic rings. The molecule has 24 heavy (non-hydrogen) atoms. The van der Waals surface area contributed by atoms with Crippen LogP contribution in [0.2, 0.25) is 0 Å². The number of morpholine rings is 1. The van der Waals surface area contributed by atoms with Gasteiger partial charge in [-0.2, -0.15) is 5.10 Å². The molecule has 0 aromatic heterocycles. The zero-order valence-corrected chi connectivity index (χ0v) is 14.4. The molecule has 0 aliphatic carbocycles. The molecule has 6 heteroatoms. The van der Waals surface area contributed by atoms with Crippen LogP contribution in [0, 0.1) is 13.8 Å². The first-order valence-electron chi connectivity index (χ1n) is 8.34. The topological polar surface area (TPSA) is 62.2 Å². The van der Waals surface area contributed by atoms with Crippen LogP contribution in [0.5, 0.6) is 0 Å². The van der Waals surface area contributed by atoms with E-state index in [1.165, 1.54) is 5.01 Å². The Labute approximate surface area is 142 Å². The third-order valence-corrected chi connectivity index (χ3v) is 4.40. The highest BCUT2D eigenvalue weighted by Gasteiger charge is 2.30. The van der Waals surface area contributed by atoms with E-state index in [1.54, 1.807) is 4.90 Å². The summed E-state index contributed by atoms with van der Waals surface area (Å²) >= 11 is 0. The second-order valence-electron chi connectivity index (χ2n) is 6.47. The summed E-state index contributed by atoms with van der Waals surface area (Å²) in [5.74, 6) is -0.163. The van der Waals surface area contributed by atoms with Crippen LogP contribution >= 0.6 is 0 Å². The predicted molar refractivity (Wildman–Crippen MR) is 92.1 cm³/mol. The zero-order chi connectivity index (χ0) is 17.3. The summed E-state index contributed by atoms with van der Waals surface area (Å²) in [6.45, 7) is 7.54. The Bertz CT molecular complexity index is 699. The maximum Gasteiger partial charge on any atom is 0.270 e. The third-order valence-electron chi connectivity index (χ3n) is 4.40. The highest BCUT2D eigenvalue weighted by molar-refractivity contribution is 6.40. The van der Waals surface area contributed by atoms with Gasteiger partial charge in [-0.3, -0.25) is 9.59 Å². The van der Waals surface area contributed by atoms with Crippen LogP contribution in [0.4, 0.5) is 5.69 Å². The highest BCUT2D eigenvalue weighted by atomic mass is 16.5. The van der Waals surface area contributed by atoms with Crippen molar-refractivity contribution in [2.75, 3.05) is 24.7 Å². The molecule has 0 radical (unpaired) electrons. The van der Waals surface area contributed by atoms with Crippen molar-refractivity contribution in [3.05, 3.63) is 29.3 Å². The van der Waals surface area contributed by atoms with Crippen LogP contribution in [-0.4, -0.2) is 48.2 Å². The quantitative estimate of drug-likeness (QED) is 0.834. The summed E-state index contributed by atoms with van der Waals surface area (Å²) in [6, 6.07) is 5.90. The van der Waals surface area contributed by atoms with Gasteiger partial charge >= 0.3 is 0 Å². The van der Waals surface area contributed by atoms with Gasteiger partial charge in [0.25, 0.3) is 5.91 Å². The van der Waals surface area contributed by atoms with Crippen LogP contribution in [-0.2, 0) is 14.3 Å². The minimum Gasteiger partial charge on any atom is -0.375 e. The van der Waals surface area contributed by atoms with E-state index in [4.69, 9.17) is 4.74 Å². The molecule has 0 saturated carbocycles. The van der Waals surface area contributed by atoms with Gasteiger partial charge in [0.2, 0.25) is 5.91 Å². The largest absolute Gasteiger partial charge is 0.375 e. The van der Waals surface area contributed by atoms with Crippen molar-refractivity contribution in [1.82, 2.24) is 4.90 Å². The van der Waals surface area contributed by atoms with E-state index in [0.29, 0.717) is 38.2 Å². The minimum atomic E-state index is -0.0899. The van der Waals surface area contributed by atoms with Gasteiger partial charge in [-0.05, 0) is 38.0 Å². The van der Waals surface area contributed by atoms with E-state index < -0.39 is 0 Å². The van der Waals surface area contributed by atoms with Gasteiger partial charge in [-0.25, -0.2) is 5.01 Å². The van der Waals surface area contributed by atoms with Crippen molar-refractivity contribution < 1.29 is 14.3 Å². The van der Waals surface area contributed by atoms with Gasteiger partial charge in [0.15, 0.2) is 0 Å². The van der Waals surface area contributed by atoms with E-state index in [-0.39, 0.29) is 17.9 Å². The molecule has 3 rings (SSSR count). The number of carbonyl (C=O) groups excluding carboxylic acids is 2. The summed E-state index contributed by atoms with van der Waals surface area (Å²) in [6.07, 6.45) is 0.728. The normalized spacial score (nSPS) is 21.7. The Hall–Kier alpha value is -2.21. The summed E-state index contributed by atoms with van der Waals surface area (Å²) < 4.78 is 5.48. The highest BCUT2D eigenvalue weighted by Crippen LogP contribution is 2.25. The number of ether oxygens (including phenoxy) is 1. The van der Waals surface area contributed by atoms with Gasteiger partial charge in [-0.1, -0.05) is 12.1 Å². The smallest absolute Gasteiger partial charge is 0.270 e. The maximum atomic E-state index is 12.7. The summed E-state index contributed by atoms with van der Waals surface area (Å²) in [7, 11) is 0. The van der Waals surface area contributed by atoms with Crippen molar-refractivity contribution in [3.63, 3.8) is 0 Å². The van der Waals surface area contributed by atoms with Crippen LogP contribution in [0.3, 0.4) is 0 Å². The number of nitrogens with zero attached hydrogens (tertiary/aromatic N) is 3. The van der Waals surface area contributed by atoms with Gasteiger partial charge in [-0.15, -0.1) is 0 Å². The lowest BCUT2D eigenvalue weighted by molar-refractivity contribution is -0.131. The maximum absolute atomic E-state index is 12.7. The number of benzene rings is 1. The Morgan fingerprint density at radius 2 is 2.08 bits per heavy atom. The number of anilines is 1. The fourth-order valence-corrected chi connectivity index (χ4v) is 3.03.